The molecular weight excluding hydrogens is 436 g/mol. The van der Waals surface area contributed by atoms with E-state index in [0.29, 0.717) is 34.9 Å². The van der Waals surface area contributed by atoms with E-state index in [1.807, 2.05) is 24.3 Å². The summed E-state index contributed by atoms with van der Waals surface area (Å²) in [5, 5.41) is 18.7. The molecule has 6 nitrogen and oxygen atoms in total. The first-order valence-corrected chi connectivity index (χ1v) is 12.6. The van der Waals surface area contributed by atoms with Crippen LogP contribution in [0.15, 0.2) is 35.3 Å². The molecule has 3 aliphatic carbocycles. The van der Waals surface area contributed by atoms with E-state index in [1.165, 1.54) is 11.1 Å². The fourth-order valence-corrected chi connectivity index (χ4v) is 6.20. The number of aliphatic hydroxyl groups excluding tert-OH is 1. The largest absolute Gasteiger partial charge is 0.386 e. The van der Waals surface area contributed by atoms with E-state index in [2.05, 4.69) is 49.9 Å². The number of anilines is 2. The van der Waals surface area contributed by atoms with Gasteiger partial charge in [0.25, 0.3) is 5.56 Å². The van der Waals surface area contributed by atoms with Gasteiger partial charge in [0.05, 0.1) is 24.5 Å². The normalized spacial score (nSPS) is 26.4. The molecule has 1 aromatic heterocycles. The van der Waals surface area contributed by atoms with E-state index in [0.717, 1.165) is 30.8 Å². The average Bonchev–Trinajstić information content (AvgIpc) is 2.80. The molecule has 5 rings (SSSR count). The molecule has 33 heavy (non-hydrogen) atoms. The van der Waals surface area contributed by atoms with E-state index in [9.17, 15) is 9.90 Å². The smallest absolute Gasteiger partial charge is 0.287 e. The number of nitrogens with one attached hydrogen (secondary N) is 1. The monoisotopic (exact) mass is 472 g/mol. The lowest BCUT2D eigenvalue weighted by Gasteiger charge is -2.62. The molecule has 3 saturated carbocycles. The van der Waals surface area contributed by atoms with Crippen LogP contribution in [0, 0.1) is 23.2 Å². The van der Waals surface area contributed by atoms with Gasteiger partial charge >= 0.3 is 0 Å². The van der Waals surface area contributed by atoms with Crippen molar-refractivity contribution in [1.29, 1.82) is 0 Å². The molecule has 0 saturated heterocycles. The van der Waals surface area contributed by atoms with Crippen LogP contribution in [-0.4, -0.2) is 34.0 Å². The van der Waals surface area contributed by atoms with E-state index in [4.69, 9.17) is 11.6 Å². The number of hydrogen-bond acceptors (Lipinski definition) is 5. The Kier molecular flexibility index (Phi) is 6.79. The van der Waals surface area contributed by atoms with Crippen LogP contribution in [0.5, 0.6) is 0 Å². The van der Waals surface area contributed by atoms with Gasteiger partial charge < -0.3 is 15.3 Å². The first kappa shape index (κ1) is 24.1. The fourth-order valence-electron chi connectivity index (χ4n) is 6.00. The second-order valence-electron chi connectivity index (χ2n) is 10.3. The van der Waals surface area contributed by atoms with Gasteiger partial charge in [0, 0.05) is 24.8 Å². The van der Waals surface area contributed by atoms with Crippen molar-refractivity contribution in [3.8, 4) is 0 Å². The van der Waals surface area contributed by atoms with E-state index < -0.39 is 6.10 Å². The van der Waals surface area contributed by atoms with Gasteiger partial charge in [0.1, 0.15) is 5.02 Å². The third kappa shape index (κ3) is 4.40. The molecule has 3 fully saturated rings. The Labute approximate surface area is 202 Å². The number of halogens is 1. The van der Waals surface area contributed by atoms with Crippen LogP contribution in [0.1, 0.15) is 59.1 Å². The first-order chi connectivity index (χ1) is 15.7. The van der Waals surface area contributed by atoms with Gasteiger partial charge in [-0.25, -0.2) is 4.68 Å². The van der Waals surface area contributed by atoms with Crippen LogP contribution in [0.25, 0.3) is 0 Å². The number of rotatable bonds is 8. The average molecular weight is 473 g/mol. The van der Waals surface area contributed by atoms with Crippen LogP contribution in [0.4, 0.5) is 11.4 Å². The summed E-state index contributed by atoms with van der Waals surface area (Å²) in [6.07, 6.45) is 3.17. The van der Waals surface area contributed by atoms with E-state index >= 15 is 0 Å². The van der Waals surface area contributed by atoms with Crippen molar-refractivity contribution in [2.45, 2.75) is 66.2 Å². The molecule has 7 heteroatoms. The Morgan fingerprint density at radius 3 is 2.48 bits per heavy atom. The molecule has 0 radical (unpaired) electrons. The molecule has 2 aromatic rings. The molecule has 3 aliphatic rings. The minimum Gasteiger partial charge on any atom is -0.386 e. The van der Waals surface area contributed by atoms with Crippen molar-refractivity contribution >= 4 is 23.0 Å². The highest BCUT2D eigenvalue weighted by Gasteiger charge is 2.56. The summed E-state index contributed by atoms with van der Waals surface area (Å²) in [6.45, 7) is 13.2. The molecule has 0 amide bonds. The van der Waals surface area contributed by atoms with Crippen molar-refractivity contribution in [3.05, 3.63) is 51.4 Å². The molecule has 1 unspecified atom stereocenters. The lowest BCUT2D eigenvalue weighted by atomic mass is 9.45. The standard InChI is InChI=1S/C26H37ClN4O2/c1-6-30(7-2)19-10-8-17(9-11-19)23(32)15-31-25(33)24(27)22(14-28-31)29-21-13-18-12-20(16(21)3)26(18,4)5/h8-11,14,16,18,20-21,23,29,32H,6-7,12-13,15H2,1-5H3/t16-,18-,20+,21-,23?/m1/s1. The fraction of sp³-hybridized carbons (Fsp3) is 0.615. The lowest BCUT2D eigenvalue weighted by Crippen LogP contribution is -2.58. The Hall–Kier alpha value is -2.05. The summed E-state index contributed by atoms with van der Waals surface area (Å²) in [6, 6.07) is 8.10. The summed E-state index contributed by atoms with van der Waals surface area (Å²) < 4.78 is 1.25. The molecule has 5 atom stereocenters. The molecule has 2 bridgehead atoms. The number of hydrogen-bond donors (Lipinski definition) is 2. The molecule has 1 heterocycles. The summed E-state index contributed by atoms with van der Waals surface area (Å²) in [7, 11) is 0. The number of benzene rings is 1. The van der Waals surface area contributed by atoms with Gasteiger partial charge in [0.2, 0.25) is 0 Å². The number of nitrogens with zero attached hydrogens (tertiary/aromatic N) is 3. The third-order valence-electron chi connectivity index (χ3n) is 8.43. The number of aliphatic hydroxyl groups is 1. The number of fused-ring (bicyclic) bond motifs is 2. The van der Waals surface area contributed by atoms with Crippen molar-refractivity contribution in [2.24, 2.45) is 23.2 Å². The maximum Gasteiger partial charge on any atom is 0.287 e. The van der Waals surface area contributed by atoms with E-state index in [1.54, 1.807) is 6.20 Å². The zero-order chi connectivity index (χ0) is 23.9. The molecular formula is C26H37ClN4O2. The zero-order valence-electron chi connectivity index (χ0n) is 20.4. The van der Waals surface area contributed by atoms with Gasteiger partial charge in [0.15, 0.2) is 0 Å². The van der Waals surface area contributed by atoms with Crippen molar-refractivity contribution < 1.29 is 5.11 Å². The molecule has 2 N–H and O–H groups in total. The van der Waals surface area contributed by atoms with Crippen LogP contribution < -0.4 is 15.8 Å². The second-order valence-corrected chi connectivity index (χ2v) is 10.7. The van der Waals surface area contributed by atoms with Gasteiger partial charge in [-0.05, 0) is 67.6 Å². The minimum atomic E-state index is -0.844. The molecule has 0 aliphatic heterocycles. The van der Waals surface area contributed by atoms with Gasteiger partial charge in [-0.3, -0.25) is 4.79 Å². The van der Waals surface area contributed by atoms with Crippen LogP contribution in [0.3, 0.4) is 0 Å². The Morgan fingerprint density at radius 1 is 1.24 bits per heavy atom. The lowest BCUT2D eigenvalue weighted by molar-refractivity contribution is -0.105. The third-order valence-corrected chi connectivity index (χ3v) is 8.80. The summed E-state index contributed by atoms with van der Waals surface area (Å²) in [4.78, 5) is 15.1. The maximum atomic E-state index is 12.9. The topological polar surface area (TPSA) is 70.4 Å². The summed E-state index contributed by atoms with van der Waals surface area (Å²) in [5.41, 5.74) is 2.47. The summed E-state index contributed by atoms with van der Waals surface area (Å²) >= 11 is 6.46. The summed E-state index contributed by atoms with van der Waals surface area (Å²) in [5.74, 6) is 1.93. The van der Waals surface area contributed by atoms with Crippen molar-refractivity contribution in [3.63, 3.8) is 0 Å². The first-order valence-electron chi connectivity index (χ1n) is 12.2. The number of aromatic nitrogens is 2. The van der Waals surface area contributed by atoms with Crippen LogP contribution in [0.2, 0.25) is 5.02 Å². The van der Waals surface area contributed by atoms with Crippen molar-refractivity contribution in [1.82, 2.24) is 9.78 Å². The Morgan fingerprint density at radius 2 is 1.91 bits per heavy atom. The quantitative estimate of drug-likeness (QED) is 0.568. The van der Waals surface area contributed by atoms with Crippen LogP contribution >= 0.6 is 11.6 Å². The predicted molar refractivity (Wildman–Crippen MR) is 135 cm³/mol. The molecule has 0 spiro atoms. The second kappa shape index (κ2) is 9.30. The SMILES string of the molecule is CCN(CC)c1ccc(C(O)Cn2ncc(N[C@@H]3C[C@H]4C[C@@H]([C@H]3C)C4(C)C)c(Cl)c2=O)cc1. The zero-order valence-corrected chi connectivity index (χ0v) is 21.1. The highest BCUT2D eigenvalue weighted by molar-refractivity contribution is 6.32. The predicted octanol–water partition coefficient (Wildman–Crippen LogP) is 4.96. The minimum absolute atomic E-state index is 0.0572. The Bertz CT molecular complexity index is 1030. The van der Waals surface area contributed by atoms with Crippen molar-refractivity contribution in [2.75, 3.05) is 23.3 Å². The molecule has 1 aromatic carbocycles. The van der Waals surface area contributed by atoms with Gasteiger partial charge in [-0.15, -0.1) is 0 Å². The maximum absolute atomic E-state index is 12.9. The molecule has 180 valence electrons. The van der Waals surface area contributed by atoms with E-state index in [-0.39, 0.29) is 17.1 Å². The van der Waals surface area contributed by atoms with Gasteiger partial charge in [-0.1, -0.05) is 44.5 Å². The van der Waals surface area contributed by atoms with Crippen LogP contribution in [-0.2, 0) is 6.54 Å². The highest BCUT2D eigenvalue weighted by atomic mass is 35.5. The highest BCUT2D eigenvalue weighted by Crippen LogP contribution is 2.61. The Balaban J connectivity index is 1.44. The van der Waals surface area contributed by atoms with Gasteiger partial charge in [-0.2, -0.15) is 5.10 Å².